The maximum absolute atomic E-state index is 13.1. The van der Waals surface area contributed by atoms with E-state index in [1.165, 1.54) is 21.6 Å². The third kappa shape index (κ3) is 29.4. The molecule has 106 heavy (non-hydrogen) atoms. The van der Waals surface area contributed by atoms with Crippen LogP contribution in [-0.4, -0.2) is 191 Å². The fourth-order valence-corrected chi connectivity index (χ4v) is 12.4. The van der Waals surface area contributed by atoms with E-state index in [0.29, 0.717) is 131 Å². The lowest BCUT2D eigenvalue weighted by Crippen LogP contribution is -2.47. The van der Waals surface area contributed by atoms with Crippen LogP contribution >= 0.6 is 0 Å². The summed E-state index contributed by atoms with van der Waals surface area (Å²) in [6, 6.07) is 17.4. The van der Waals surface area contributed by atoms with Gasteiger partial charge in [-0.15, -0.1) is 0 Å². The number of rotatable bonds is 51. The first-order valence-corrected chi connectivity index (χ1v) is 37.4. The van der Waals surface area contributed by atoms with Gasteiger partial charge in [-0.1, -0.05) is 45.0 Å². The number of phenols is 1. The number of H-pyrrole nitrogens is 1. The van der Waals surface area contributed by atoms with E-state index in [9.17, 15) is 57.8 Å². The average molecular weight is 1480 g/mol. The van der Waals surface area contributed by atoms with Crippen LogP contribution in [0.3, 0.4) is 0 Å². The van der Waals surface area contributed by atoms with Crippen molar-refractivity contribution in [2.24, 2.45) is 17.2 Å². The number of aryl methyl sites for hydroxylation is 1. The summed E-state index contributed by atoms with van der Waals surface area (Å²) in [5, 5.41) is 32.2. The van der Waals surface area contributed by atoms with E-state index < -0.39 is 53.4 Å². The Kier molecular flexibility index (Phi) is 37.4. The number of phenolic OH excluding ortho intramolecular Hbond substituents is 1. The number of unbranched alkanes of at least 4 members (excludes halogenated alkanes) is 3. The monoisotopic (exact) mass is 1480 g/mol. The van der Waals surface area contributed by atoms with Gasteiger partial charge in [0, 0.05) is 95.8 Å². The number of ether oxygens (including phenoxy) is 3. The van der Waals surface area contributed by atoms with Crippen molar-refractivity contribution in [3.8, 4) is 22.9 Å². The summed E-state index contributed by atoms with van der Waals surface area (Å²) in [6.45, 7) is 11.7. The number of hydrogen-bond acceptors (Lipinski definition) is 19. The van der Waals surface area contributed by atoms with Crippen molar-refractivity contribution < 1.29 is 62.5 Å². The topological polar surface area (TPSA) is 452 Å². The van der Waals surface area contributed by atoms with E-state index in [1.807, 2.05) is 44.2 Å². The number of anilines is 1. The number of hydrogen-bond donors (Lipinski definition) is 13. The highest BCUT2D eigenvalue weighted by Crippen LogP contribution is 2.31. The fourth-order valence-electron chi connectivity index (χ4n) is 12.4. The lowest BCUT2D eigenvalue weighted by Gasteiger charge is -2.35. The van der Waals surface area contributed by atoms with E-state index in [2.05, 4.69) is 70.4 Å². The standard InChI is InChI=1S/C75H112N16O15/c1-5-40-89(55-26-29-57-53(48-55)15-14-19-62(57)93)43-34-51-20-24-54(25-21-51)85-64(95)31-30-59(77)72(100)82-36-12-9-17-60(68(78)98)86-65(96)33-32-63(94)80-38-44-104-46-47-105-45-39-83-73(101)61(84-50(4)92)18-10-13-37-81-71(99)58(76)16-8-11-35-79-66(97)49-106-56-27-22-52(23-28-56)69-87-67-70(88-69)90(41-6-2)75(103)91(42-7-3)74(67)102/h14-15,19-25,27-28,55,58-61,93H,5-13,16-18,26,29-49,76-77H2,1-4H3,(H2,78,98)(H,79,97)(H,80,94)(H,81,99)(H,82,100)(H,83,101)(H,84,92)(H,85,95)(H,86,96)(H,87,88). The van der Waals surface area contributed by atoms with Gasteiger partial charge in [0.25, 0.3) is 11.5 Å². The maximum Gasteiger partial charge on any atom is 0.332 e. The number of amides is 9. The van der Waals surface area contributed by atoms with Gasteiger partial charge in [0.2, 0.25) is 47.3 Å². The Labute approximate surface area is 619 Å². The molecule has 5 unspecified atom stereocenters. The molecule has 582 valence electrons. The normalized spacial score (nSPS) is 13.7. The lowest BCUT2D eigenvalue weighted by molar-refractivity contribution is -0.129. The van der Waals surface area contributed by atoms with E-state index in [0.717, 1.165) is 56.3 Å². The van der Waals surface area contributed by atoms with Crippen LogP contribution in [0, 0.1) is 0 Å². The Morgan fingerprint density at radius 2 is 1.24 bits per heavy atom. The molecule has 9 amide bonds. The minimum atomic E-state index is -0.978. The number of carbonyl (C=O) groups excluding carboxylic acids is 9. The van der Waals surface area contributed by atoms with Crippen molar-refractivity contribution in [3.63, 3.8) is 0 Å². The van der Waals surface area contributed by atoms with Crippen LogP contribution in [0.2, 0.25) is 0 Å². The van der Waals surface area contributed by atoms with E-state index >= 15 is 0 Å². The lowest BCUT2D eigenvalue weighted by atomic mass is 9.86. The van der Waals surface area contributed by atoms with Crippen LogP contribution in [0.25, 0.3) is 22.6 Å². The first kappa shape index (κ1) is 85.4. The molecule has 31 heteroatoms. The fraction of sp³-hybridized carbons (Fsp3) is 0.573. The Balaban J connectivity index is 0.711. The van der Waals surface area contributed by atoms with E-state index in [4.69, 9.17) is 31.4 Å². The number of nitrogens with zero attached hydrogens (tertiary/aromatic N) is 4. The van der Waals surface area contributed by atoms with Gasteiger partial charge < -0.3 is 84.0 Å². The van der Waals surface area contributed by atoms with Crippen molar-refractivity contribution >= 4 is 70.0 Å². The first-order chi connectivity index (χ1) is 51.1. The van der Waals surface area contributed by atoms with Crippen LogP contribution in [0.1, 0.15) is 154 Å². The van der Waals surface area contributed by atoms with Crippen molar-refractivity contribution in [2.45, 2.75) is 199 Å². The van der Waals surface area contributed by atoms with Gasteiger partial charge in [-0.3, -0.25) is 62.0 Å². The van der Waals surface area contributed by atoms with Crippen molar-refractivity contribution in [1.29, 1.82) is 0 Å². The second-order valence-corrected chi connectivity index (χ2v) is 26.6. The summed E-state index contributed by atoms with van der Waals surface area (Å²) in [5.74, 6) is -2.50. The number of carbonyl (C=O) groups is 9. The summed E-state index contributed by atoms with van der Waals surface area (Å²) in [5.41, 5.74) is 22.3. The van der Waals surface area contributed by atoms with Gasteiger partial charge in [-0.05, 0) is 175 Å². The van der Waals surface area contributed by atoms with Crippen LogP contribution in [-0.2, 0) is 85.0 Å². The third-order valence-electron chi connectivity index (χ3n) is 18.1. The zero-order valence-electron chi connectivity index (χ0n) is 62.0. The molecule has 16 N–H and O–H groups in total. The Bertz CT molecular complexity index is 3770. The molecule has 0 fully saturated rings. The number of nitrogens with one attached hydrogen (secondary N) is 9. The van der Waals surface area contributed by atoms with Crippen LogP contribution in [0.4, 0.5) is 5.69 Å². The Morgan fingerprint density at radius 1 is 0.632 bits per heavy atom. The molecule has 6 rings (SSSR count). The largest absolute Gasteiger partial charge is 0.508 e. The number of benzene rings is 3. The zero-order chi connectivity index (χ0) is 76.8. The SMILES string of the molecule is CCCN(CCc1ccc(NC(=O)CCC(N)C(=O)NCCCCC(NC(=O)CCC(=O)NCCOCCOCCNC(=O)C(CCCCNC(=O)C(N)CCCCNC(=O)COc2ccc(-c3nc4c([nH]3)c(=O)n(CCC)c(=O)n4CCC)cc2)NC(C)=O)C(N)=O)cc1)C1CCc2c(O)cccc2C1. The summed E-state index contributed by atoms with van der Waals surface area (Å²) in [6.07, 6.45) is 9.91. The second kappa shape index (κ2) is 46.4. The van der Waals surface area contributed by atoms with Gasteiger partial charge in [-0.2, -0.15) is 0 Å². The number of nitrogens with two attached hydrogens (primary N) is 3. The molecule has 1 aliphatic rings. The molecule has 0 aliphatic heterocycles. The summed E-state index contributed by atoms with van der Waals surface area (Å²) in [7, 11) is 0. The van der Waals surface area contributed by atoms with Gasteiger partial charge in [0.15, 0.2) is 12.3 Å². The van der Waals surface area contributed by atoms with Gasteiger partial charge in [-0.25, -0.2) is 9.78 Å². The van der Waals surface area contributed by atoms with Crippen LogP contribution in [0.5, 0.6) is 11.5 Å². The highest BCUT2D eigenvalue weighted by atomic mass is 16.5. The smallest absolute Gasteiger partial charge is 0.332 e. The molecule has 3 aromatic carbocycles. The van der Waals surface area contributed by atoms with Crippen molar-refractivity contribution in [3.05, 3.63) is 104 Å². The predicted molar refractivity (Wildman–Crippen MR) is 402 cm³/mol. The van der Waals surface area contributed by atoms with Crippen LogP contribution in [0.15, 0.2) is 76.3 Å². The Hall–Kier alpha value is -9.56. The quantitative estimate of drug-likeness (QED) is 0.0249. The maximum atomic E-state index is 13.1. The molecule has 2 aromatic heterocycles. The number of aromatic amines is 1. The van der Waals surface area contributed by atoms with E-state index in [1.54, 1.807) is 30.3 Å². The highest BCUT2D eigenvalue weighted by Gasteiger charge is 2.27. The van der Waals surface area contributed by atoms with Gasteiger partial charge >= 0.3 is 5.69 Å². The molecule has 0 spiro atoms. The molecule has 0 bridgehead atoms. The molecule has 2 heterocycles. The molecule has 0 saturated heterocycles. The Morgan fingerprint density at radius 3 is 1.89 bits per heavy atom. The van der Waals surface area contributed by atoms with Crippen molar-refractivity contribution in [1.82, 2.24) is 61.2 Å². The van der Waals surface area contributed by atoms with Crippen molar-refractivity contribution in [2.75, 3.05) is 84.2 Å². The van der Waals surface area contributed by atoms with E-state index in [-0.39, 0.29) is 126 Å². The summed E-state index contributed by atoms with van der Waals surface area (Å²) < 4.78 is 19.5. The summed E-state index contributed by atoms with van der Waals surface area (Å²) >= 11 is 0. The molecular formula is C75H112N16O15. The zero-order valence-corrected chi connectivity index (χ0v) is 62.0. The number of fused-ring (bicyclic) bond motifs is 2. The molecular weight excluding hydrogens is 1360 g/mol. The molecule has 31 nitrogen and oxygen atoms in total. The minimum absolute atomic E-state index is 0.0421. The molecule has 1 aliphatic carbocycles. The molecule has 5 aromatic rings. The molecule has 5 atom stereocenters. The average Bonchev–Trinajstić information content (AvgIpc) is 1.59. The number of imidazole rings is 1. The predicted octanol–water partition coefficient (Wildman–Crippen LogP) is 2.72. The summed E-state index contributed by atoms with van der Waals surface area (Å²) in [4.78, 5) is 149. The van der Waals surface area contributed by atoms with Gasteiger partial charge in [0.05, 0.1) is 38.5 Å². The number of primary amides is 1. The molecule has 0 radical (unpaired) electrons. The minimum Gasteiger partial charge on any atom is -0.508 e. The first-order valence-electron chi connectivity index (χ1n) is 37.4. The second-order valence-electron chi connectivity index (χ2n) is 26.6. The highest BCUT2D eigenvalue weighted by molar-refractivity contribution is 5.92. The van der Waals surface area contributed by atoms with Gasteiger partial charge in [0.1, 0.15) is 34.9 Å². The van der Waals surface area contributed by atoms with Crippen LogP contribution < -0.4 is 75.7 Å². The number of aromatic hydroxyl groups is 1. The third-order valence-corrected chi connectivity index (χ3v) is 18.1. The molecule has 0 saturated carbocycles. The number of aromatic nitrogens is 4.